The van der Waals surface area contributed by atoms with Gasteiger partial charge in [-0.15, -0.1) is 6.58 Å². The highest BCUT2D eigenvalue weighted by Gasteiger charge is 2.34. The second-order valence-electron chi connectivity index (χ2n) is 7.05. The van der Waals surface area contributed by atoms with Crippen molar-refractivity contribution in [1.29, 1.82) is 0 Å². The van der Waals surface area contributed by atoms with Crippen LogP contribution in [-0.4, -0.2) is 51.6 Å². The van der Waals surface area contributed by atoms with Gasteiger partial charge in [-0.1, -0.05) is 35.9 Å². The molecule has 0 aliphatic carbocycles. The van der Waals surface area contributed by atoms with E-state index in [1.807, 2.05) is 36.5 Å². The third kappa shape index (κ3) is 4.09. The maximum absolute atomic E-state index is 10.0. The summed E-state index contributed by atoms with van der Waals surface area (Å²) in [6, 6.07) is 12.2. The predicted octanol–water partition coefficient (Wildman–Crippen LogP) is 4.11. The second kappa shape index (κ2) is 8.21. The molecule has 5 heteroatoms. The van der Waals surface area contributed by atoms with Crippen molar-refractivity contribution >= 4 is 11.6 Å². The smallest absolute Gasteiger partial charge is 0.129 e. The molecule has 4 nitrogen and oxygen atoms in total. The van der Waals surface area contributed by atoms with Gasteiger partial charge in [0.1, 0.15) is 10.9 Å². The summed E-state index contributed by atoms with van der Waals surface area (Å²) in [7, 11) is 0. The Morgan fingerprint density at radius 3 is 2.69 bits per heavy atom. The van der Waals surface area contributed by atoms with Gasteiger partial charge in [0.25, 0.3) is 0 Å². The largest absolute Gasteiger partial charge is 0.508 e. The average Bonchev–Trinajstić information content (AvgIpc) is 2.61. The molecule has 3 rings (SSSR count). The van der Waals surface area contributed by atoms with E-state index in [1.165, 1.54) is 0 Å². The molecule has 1 aliphatic rings. The molecule has 1 N–H and O–H groups in total. The van der Waals surface area contributed by atoms with E-state index in [0.29, 0.717) is 17.2 Å². The number of rotatable bonds is 5. The van der Waals surface area contributed by atoms with Crippen molar-refractivity contribution in [2.75, 3.05) is 19.6 Å². The number of nitrogens with zero attached hydrogens (tertiary/aromatic N) is 3. The van der Waals surface area contributed by atoms with E-state index in [-0.39, 0.29) is 11.8 Å². The van der Waals surface area contributed by atoms with E-state index >= 15 is 0 Å². The molecule has 0 unspecified atom stereocenters. The van der Waals surface area contributed by atoms with Crippen LogP contribution in [0.4, 0.5) is 0 Å². The van der Waals surface area contributed by atoms with Gasteiger partial charge < -0.3 is 5.11 Å². The highest BCUT2D eigenvalue weighted by Crippen LogP contribution is 2.34. The number of hydrogen-bond acceptors (Lipinski definition) is 4. The van der Waals surface area contributed by atoms with Gasteiger partial charge in [-0.2, -0.15) is 0 Å². The minimum absolute atomic E-state index is 0.0233. The first kappa shape index (κ1) is 18.9. The summed E-state index contributed by atoms with van der Waals surface area (Å²) in [6.45, 7) is 11.2. The highest BCUT2D eigenvalue weighted by molar-refractivity contribution is 6.29. The molecule has 1 aliphatic heterocycles. The molecule has 0 saturated carbocycles. The highest BCUT2D eigenvalue weighted by atomic mass is 35.5. The van der Waals surface area contributed by atoms with Crippen molar-refractivity contribution in [3.63, 3.8) is 0 Å². The van der Waals surface area contributed by atoms with Crippen LogP contribution in [0.5, 0.6) is 5.75 Å². The van der Waals surface area contributed by atoms with Gasteiger partial charge in [-0.05, 0) is 43.2 Å². The molecular formula is C21H26ClN3O. The summed E-state index contributed by atoms with van der Waals surface area (Å²) >= 11 is 6.00. The summed E-state index contributed by atoms with van der Waals surface area (Å²) in [5, 5.41) is 10.5. The van der Waals surface area contributed by atoms with Crippen LogP contribution in [0.3, 0.4) is 0 Å². The van der Waals surface area contributed by atoms with Gasteiger partial charge in [0, 0.05) is 37.9 Å². The Kier molecular flexibility index (Phi) is 5.97. The van der Waals surface area contributed by atoms with Crippen molar-refractivity contribution in [1.82, 2.24) is 14.8 Å². The summed E-state index contributed by atoms with van der Waals surface area (Å²) in [6.07, 6.45) is 3.80. The van der Waals surface area contributed by atoms with Gasteiger partial charge in [-0.25, -0.2) is 4.98 Å². The van der Waals surface area contributed by atoms with Crippen LogP contribution in [-0.2, 0) is 0 Å². The van der Waals surface area contributed by atoms with Crippen molar-refractivity contribution < 1.29 is 5.11 Å². The number of hydrogen-bond donors (Lipinski definition) is 1. The maximum atomic E-state index is 10.0. The third-order valence-corrected chi connectivity index (χ3v) is 5.33. The number of aromatic nitrogens is 1. The molecule has 1 saturated heterocycles. The Bertz CT molecular complexity index is 749. The zero-order valence-electron chi connectivity index (χ0n) is 15.3. The lowest BCUT2D eigenvalue weighted by atomic mass is 9.94. The average molecular weight is 372 g/mol. The molecular weight excluding hydrogens is 346 g/mol. The molecule has 0 radical (unpaired) electrons. The Labute approximate surface area is 160 Å². The molecule has 138 valence electrons. The minimum Gasteiger partial charge on any atom is -0.508 e. The van der Waals surface area contributed by atoms with E-state index in [2.05, 4.69) is 41.3 Å². The van der Waals surface area contributed by atoms with Gasteiger partial charge in [0.15, 0.2) is 0 Å². The molecule has 2 aromatic rings. The number of piperazine rings is 1. The summed E-state index contributed by atoms with van der Waals surface area (Å²) in [5.41, 5.74) is 2.14. The number of phenols is 1. The Balaban J connectivity index is 1.98. The molecule has 3 atom stereocenters. The van der Waals surface area contributed by atoms with E-state index in [9.17, 15) is 5.11 Å². The Hall–Kier alpha value is -1.88. The normalized spacial score (nSPS) is 22.9. The molecule has 0 spiro atoms. The monoisotopic (exact) mass is 371 g/mol. The van der Waals surface area contributed by atoms with Gasteiger partial charge in [-0.3, -0.25) is 9.80 Å². The standard InChI is InChI=1S/C21H26ClN3O/c1-4-10-24-13-16(3)25(14-15(24)2)21(17-6-5-7-19(26)11-17)18-8-9-20(22)23-12-18/h4-9,11-12,15-16,21,26H,1,10,13-14H2,2-3H3/t15-,16+,21+/m1/s1. The number of phenolic OH excluding ortho intramolecular Hbond substituents is 1. The SMILES string of the molecule is C=CCN1C[C@H](C)N([C@H](c2ccc(Cl)nc2)c2cccc(O)c2)C[C@H]1C. The van der Waals surface area contributed by atoms with Crippen LogP contribution in [0.2, 0.25) is 5.15 Å². The topological polar surface area (TPSA) is 39.6 Å². The van der Waals surface area contributed by atoms with Gasteiger partial charge in [0.05, 0.1) is 6.04 Å². The number of pyridine rings is 1. The summed E-state index contributed by atoms with van der Waals surface area (Å²) < 4.78 is 0. The van der Waals surface area contributed by atoms with E-state index < -0.39 is 0 Å². The lowest BCUT2D eigenvalue weighted by Gasteiger charge is -2.47. The minimum atomic E-state index is 0.0233. The molecule has 2 heterocycles. The summed E-state index contributed by atoms with van der Waals surface area (Å²) in [4.78, 5) is 9.23. The lowest BCUT2D eigenvalue weighted by molar-refractivity contribution is 0.0305. The van der Waals surface area contributed by atoms with Crippen LogP contribution in [0.25, 0.3) is 0 Å². The number of benzene rings is 1. The zero-order chi connectivity index (χ0) is 18.7. The first-order chi connectivity index (χ1) is 12.5. The van der Waals surface area contributed by atoms with Crippen molar-refractivity contribution in [3.05, 3.63) is 71.5 Å². The van der Waals surface area contributed by atoms with Crippen molar-refractivity contribution in [2.45, 2.75) is 32.0 Å². The predicted molar refractivity (Wildman–Crippen MR) is 107 cm³/mol. The first-order valence-corrected chi connectivity index (χ1v) is 9.38. The molecule has 1 aromatic carbocycles. The van der Waals surface area contributed by atoms with Crippen LogP contribution in [0.1, 0.15) is 31.0 Å². The lowest BCUT2D eigenvalue weighted by Crippen LogP contribution is -2.57. The van der Waals surface area contributed by atoms with E-state index in [4.69, 9.17) is 11.6 Å². The molecule has 1 aromatic heterocycles. The molecule has 0 bridgehead atoms. The van der Waals surface area contributed by atoms with Crippen LogP contribution in [0.15, 0.2) is 55.3 Å². The van der Waals surface area contributed by atoms with Crippen LogP contribution >= 0.6 is 11.6 Å². The molecule has 26 heavy (non-hydrogen) atoms. The quantitative estimate of drug-likeness (QED) is 0.634. The fourth-order valence-electron chi connectivity index (χ4n) is 3.82. The Morgan fingerprint density at radius 1 is 1.23 bits per heavy atom. The zero-order valence-corrected chi connectivity index (χ0v) is 16.1. The maximum Gasteiger partial charge on any atom is 0.129 e. The third-order valence-electron chi connectivity index (χ3n) is 5.11. The van der Waals surface area contributed by atoms with Crippen LogP contribution in [0, 0.1) is 0 Å². The molecule has 1 fully saturated rings. The molecule has 0 amide bonds. The van der Waals surface area contributed by atoms with Crippen molar-refractivity contribution in [2.24, 2.45) is 0 Å². The van der Waals surface area contributed by atoms with Crippen LogP contribution < -0.4 is 0 Å². The fraction of sp³-hybridized carbons (Fsp3) is 0.381. The van der Waals surface area contributed by atoms with E-state index in [0.717, 1.165) is 30.8 Å². The number of aromatic hydroxyl groups is 1. The Morgan fingerprint density at radius 2 is 2.04 bits per heavy atom. The van der Waals surface area contributed by atoms with Gasteiger partial charge >= 0.3 is 0 Å². The summed E-state index contributed by atoms with van der Waals surface area (Å²) in [5.74, 6) is 0.278. The van der Waals surface area contributed by atoms with Crippen molar-refractivity contribution in [3.8, 4) is 5.75 Å². The second-order valence-corrected chi connectivity index (χ2v) is 7.44. The first-order valence-electron chi connectivity index (χ1n) is 9.00. The van der Waals surface area contributed by atoms with E-state index in [1.54, 1.807) is 6.07 Å². The van der Waals surface area contributed by atoms with Gasteiger partial charge in [0.2, 0.25) is 0 Å². The number of halogens is 1. The fourth-order valence-corrected chi connectivity index (χ4v) is 3.94.